The van der Waals surface area contributed by atoms with Crippen molar-refractivity contribution in [3.05, 3.63) is 21.4 Å². The first-order valence-corrected chi connectivity index (χ1v) is 10.7. The summed E-state index contributed by atoms with van der Waals surface area (Å²) in [5.41, 5.74) is 1.24. The maximum Gasteiger partial charge on any atom is 0.263 e. The lowest BCUT2D eigenvalue weighted by Crippen LogP contribution is -2.41. The standard InChI is InChI=1S/C20H28N2O2S/c23-19(21-16-6-2-1-3-7-16)14-8-9-17-15(12-14)13-18(25-17)20(24)22-10-4-5-11-22/h13-14,16H,1-12H2,(H,21,23)/t14-/m1/s1. The number of hydrogen-bond donors (Lipinski definition) is 1. The lowest BCUT2D eigenvalue weighted by atomic mass is 9.87. The van der Waals surface area contributed by atoms with Crippen molar-refractivity contribution in [2.45, 2.75) is 70.3 Å². The van der Waals surface area contributed by atoms with E-state index in [0.29, 0.717) is 6.04 Å². The minimum Gasteiger partial charge on any atom is -0.353 e. The Hall–Kier alpha value is -1.36. The summed E-state index contributed by atoms with van der Waals surface area (Å²) in [5.74, 6) is 0.509. The van der Waals surface area contributed by atoms with Gasteiger partial charge in [0, 0.05) is 29.9 Å². The molecule has 1 N–H and O–H groups in total. The van der Waals surface area contributed by atoms with Gasteiger partial charge in [-0.05, 0) is 56.6 Å². The van der Waals surface area contributed by atoms with Gasteiger partial charge in [-0.3, -0.25) is 9.59 Å². The summed E-state index contributed by atoms with van der Waals surface area (Å²) in [6, 6.07) is 2.46. The summed E-state index contributed by atoms with van der Waals surface area (Å²) in [7, 11) is 0. The molecule has 0 spiro atoms. The van der Waals surface area contributed by atoms with Crippen LogP contribution in [0.4, 0.5) is 0 Å². The average Bonchev–Trinajstić information content (AvgIpc) is 3.31. The number of hydrogen-bond acceptors (Lipinski definition) is 3. The van der Waals surface area contributed by atoms with E-state index in [4.69, 9.17) is 0 Å². The van der Waals surface area contributed by atoms with Crippen molar-refractivity contribution in [1.82, 2.24) is 10.2 Å². The molecule has 4 rings (SSSR count). The Morgan fingerprint density at radius 3 is 2.56 bits per heavy atom. The predicted molar refractivity (Wildman–Crippen MR) is 100.0 cm³/mol. The largest absolute Gasteiger partial charge is 0.353 e. The van der Waals surface area contributed by atoms with E-state index >= 15 is 0 Å². The molecule has 1 aromatic heterocycles. The zero-order chi connectivity index (χ0) is 17.2. The molecule has 2 aliphatic carbocycles. The Labute approximate surface area is 154 Å². The van der Waals surface area contributed by atoms with E-state index in [1.807, 2.05) is 4.90 Å². The summed E-state index contributed by atoms with van der Waals surface area (Å²) in [6.45, 7) is 1.79. The second-order valence-corrected chi connectivity index (χ2v) is 8.98. The molecule has 2 fully saturated rings. The summed E-state index contributed by atoms with van der Waals surface area (Å²) in [6.07, 6.45) is 11.0. The number of thiophene rings is 1. The van der Waals surface area contributed by atoms with Gasteiger partial charge in [0.1, 0.15) is 0 Å². The molecule has 5 heteroatoms. The molecular weight excluding hydrogens is 332 g/mol. The van der Waals surface area contributed by atoms with E-state index in [-0.39, 0.29) is 17.7 Å². The maximum atomic E-state index is 12.6. The fourth-order valence-corrected chi connectivity index (χ4v) is 5.67. The topological polar surface area (TPSA) is 49.4 Å². The first-order chi connectivity index (χ1) is 12.2. The second-order valence-electron chi connectivity index (χ2n) is 7.84. The molecule has 1 saturated carbocycles. The normalized spacial score (nSPS) is 24.2. The first-order valence-electron chi connectivity index (χ1n) is 9.92. The molecule has 0 bridgehead atoms. The molecule has 0 radical (unpaired) electrons. The lowest BCUT2D eigenvalue weighted by molar-refractivity contribution is -0.126. The van der Waals surface area contributed by atoms with Crippen molar-refractivity contribution < 1.29 is 9.59 Å². The highest BCUT2D eigenvalue weighted by Crippen LogP contribution is 2.33. The molecule has 1 saturated heterocycles. The number of aryl methyl sites for hydroxylation is 1. The number of carbonyl (C=O) groups excluding carboxylic acids is 2. The van der Waals surface area contributed by atoms with Gasteiger partial charge in [0.15, 0.2) is 0 Å². The van der Waals surface area contributed by atoms with Gasteiger partial charge >= 0.3 is 0 Å². The first kappa shape index (κ1) is 17.1. The van der Waals surface area contributed by atoms with Crippen molar-refractivity contribution in [2.24, 2.45) is 5.92 Å². The van der Waals surface area contributed by atoms with Crippen LogP contribution in [0.25, 0.3) is 0 Å². The summed E-state index contributed by atoms with van der Waals surface area (Å²) < 4.78 is 0. The SMILES string of the molecule is O=C(NC1CCCCC1)[C@@H]1CCc2sc(C(=O)N3CCCC3)cc2C1. The fourth-order valence-electron chi connectivity index (χ4n) is 4.49. The van der Waals surface area contributed by atoms with Gasteiger partial charge in [0.25, 0.3) is 5.91 Å². The van der Waals surface area contributed by atoms with Crippen molar-refractivity contribution in [1.29, 1.82) is 0 Å². The Balaban J connectivity index is 1.39. The molecule has 25 heavy (non-hydrogen) atoms. The van der Waals surface area contributed by atoms with Gasteiger partial charge in [-0.25, -0.2) is 0 Å². The third-order valence-corrected chi connectivity index (χ3v) is 7.23. The zero-order valence-corrected chi connectivity index (χ0v) is 15.7. The molecule has 2 amide bonds. The molecule has 1 atom stereocenters. The Bertz CT molecular complexity index is 642. The van der Waals surface area contributed by atoms with Crippen LogP contribution in [-0.4, -0.2) is 35.8 Å². The number of carbonyl (C=O) groups is 2. The monoisotopic (exact) mass is 360 g/mol. The minimum absolute atomic E-state index is 0.0822. The Morgan fingerprint density at radius 2 is 1.80 bits per heavy atom. The van der Waals surface area contributed by atoms with Crippen LogP contribution in [0.1, 0.15) is 71.5 Å². The van der Waals surface area contributed by atoms with E-state index in [1.165, 1.54) is 29.7 Å². The molecule has 1 aliphatic heterocycles. The van der Waals surface area contributed by atoms with Crippen LogP contribution in [0, 0.1) is 5.92 Å². The van der Waals surface area contributed by atoms with Gasteiger partial charge in [0.2, 0.25) is 5.91 Å². The van der Waals surface area contributed by atoms with Gasteiger partial charge in [-0.2, -0.15) is 0 Å². The molecule has 1 aromatic rings. The highest BCUT2D eigenvalue weighted by molar-refractivity contribution is 7.14. The number of amides is 2. The Morgan fingerprint density at radius 1 is 1.04 bits per heavy atom. The molecular formula is C20H28N2O2S. The van der Waals surface area contributed by atoms with Crippen LogP contribution in [-0.2, 0) is 17.6 Å². The number of likely N-dealkylation sites (tertiary alicyclic amines) is 1. The predicted octanol–water partition coefficient (Wildman–Crippen LogP) is 3.54. The fraction of sp³-hybridized carbons (Fsp3) is 0.700. The average molecular weight is 361 g/mol. The quantitative estimate of drug-likeness (QED) is 0.896. The van der Waals surface area contributed by atoms with Crippen LogP contribution in [0.5, 0.6) is 0 Å². The zero-order valence-electron chi connectivity index (χ0n) is 14.9. The van der Waals surface area contributed by atoms with Crippen LogP contribution >= 0.6 is 11.3 Å². The molecule has 0 aromatic carbocycles. The summed E-state index contributed by atoms with van der Waals surface area (Å²) >= 11 is 1.66. The van der Waals surface area contributed by atoms with Crippen LogP contribution in [0.15, 0.2) is 6.07 Å². The van der Waals surface area contributed by atoms with Gasteiger partial charge in [-0.15, -0.1) is 11.3 Å². The molecule has 4 nitrogen and oxygen atoms in total. The van der Waals surface area contributed by atoms with Crippen molar-refractivity contribution in [2.75, 3.05) is 13.1 Å². The van der Waals surface area contributed by atoms with Crippen LogP contribution in [0.2, 0.25) is 0 Å². The minimum atomic E-state index is 0.0822. The van der Waals surface area contributed by atoms with Crippen LogP contribution < -0.4 is 5.32 Å². The van der Waals surface area contributed by atoms with E-state index in [9.17, 15) is 9.59 Å². The van der Waals surface area contributed by atoms with Gasteiger partial charge < -0.3 is 10.2 Å². The summed E-state index contributed by atoms with van der Waals surface area (Å²) in [5, 5.41) is 3.28. The highest BCUT2D eigenvalue weighted by Gasteiger charge is 2.30. The van der Waals surface area contributed by atoms with E-state index < -0.39 is 0 Å². The van der Waals surface area contributed by atoms with Crippen molar-refractivity contribution >= 4 is 23.2 Å². The Kier molecular flexibility index (Phi) is 5.11. The lowest BCUT2D eigenvalue weighted by Gasteiger charge is -2.27. The summed E-state index contributed by atoms with van der Waals surface area (Å²) in [4.78, 5) is 29.4. The third-order valence-electron chi connectivity index (χ3n) is 6.01. The number of fused-ring (bicyclic) bond motifs is 1. The molecule has 0 unspecified atom stereocenters. The van der Waals surface area contributed by atoms with Crippen molar-refractivity contribution in [3.63, 3.8) is 0 Å². The molecule has 136 valence electrons. The van der Waals surface area contributed by atoms with Crippen molar-refractivity contribution in [3.8, 4) is 0 Å². The van der Waals surface area contributed by atoms with Crippen LogP contribution in [0.3, 0.4) is 0 Å². The number of rotatable bonds is 3. The van der Waals surface area contributed by atoms with Gasteiger partial charge in [-0.1, -0.05) is 19.3 Å². The second kappa shape index (κ2) is 7.48. The number of nitrogens with one attached hydrogen (secondary N) is 1. The maximum absolute atomic E-state index is 12.6. The molecule has 3 aliphatic rings. The highest BCUT2D eigenvalue weighted by atomic mass is 32.1. The third kappa shape index (κ3) is 3.76. The van der Waals surface area contributed by atoms with E-state index in [1.54, 1.807) is 11.3 Å². The smallest absolute Gasteiger partial charge is 0.263 e. The van der Waals surface area contributed by atoms with E-state index in [0.717, 1.165) is 62.9 Å². The number of nitrogens with zero attached hydrogens (tertiary/aromatic N) is 1. The van der Waals surface area contributed by atoms with Gasteiger partial charge in [0.05, 0.1) is 4.88 Å². The molecule has 2 heterocycles. The van der Waals surface area contributed by atoms with E-state index in [2.05, 4.69) is 11.4 Å².